The van der Waals surface area contributed by atoms with Gasteiger partial charge in [-0.2, -0.15) is 0 Å². The lowest BCUT2D eigenvalue weighted by Crippen LogP contribution is -2.38. The molecule has 0 saturated carbocycles. The fourth-order valence-electron chi connectivity index (χ4n) is 2.60. The monoisotopic (exact) mass is 259 g/mol. The largest absolute Gasteiger partial charge is 0.377 e. The van der Waals surface area contributed by atoms with Gasteiger partial charge in [0.1, 0.15) is 0 Å². The van der Waals surface area contributed by atoms with Crippen LogP contribution < -0.4 is 0 Å². The summed E-state index contributed by atoms with van der Waals surface area (Å²) in [5, 5.41) is 0.695. The predicted octanol–water partition coefficient (Wildman–Crippen LogP) is 2.40. The van der Waals surface area contributed by atoms with Gasteiger partial charge in [-0.25, -0.2) is 0 Å². The van der Waals surface area contributed by atoms with Crippen LogP contribution in [0.3, 0.4) is 0 Å². The molecule has 0 spiro atoms. The lowest BCUT2D eigenvalue weighted by molar-refractivity contribution is 0.0417. The van der Waals surface area contributed by atoms with Gasteiger partial charge in [0.05, 0.1) is 12.2 Å². The van der Waals surface area contributed by atoms with Crippen molar-refractivity contribution in [2.45, 2.75) is 37.9 Å². The Labute approximate surface area is 109 Å². The molecule has 0 aliphatic carbocycles. The summed E-state index contributed by atoms with van der Waals surface area (Å²) in [7, 11) is 0. The van der Waals surface area contributed by atoms with Gasteiger partial charge in [-0.1, -0.05) is 18.2 Å². The van der Waals surface area contributed by atoms with Crippen LogP contribution in [0.1, 0.15) is 25.7 Å². The summed E-state index contributed by atoms with van der Waals surface area (Å²) in [6.07, 6.45) is 5.42. The van der Waals surface area contributed by atoms with Gasteiger partial charge in [0, 0.05) is 37.9 Å². The first-order valence-corrected chi connectivity index (χ1v) is 6.90. The zero-order chi connectivity index (χ0) is 12.1. The number of ether oxygens (including phenoxy) is 2. The highest BCUT2D eigenvalue weighted by Crippen LogP contribution is 2.18. The molecule has 2 saturated heterocycles. The highest BCUT2D eigenvalue weighted by molar-refractivity contribution is 6.29. The van der Waals surface area contributed by atoms with E-state index in [-0.39, 0.29) is 0 Å². The Kier molecular flexibility index (Phi) is 5.29. The van der Waals surface area contributed by atoms with Gasteiger partial charge in [0.2, 0.25) is 0 Å². The molecule has 2 aliphatic heterocycles. The number of nitrogens with zero attached hydrogens (tertiary/aromatic N) is 1. The van der Waals surface area contributed by atoms with E-state index in [1.807, 2.05) is 0 Å². The zero-order valence-electron chi connectivity index (χ0n) is 10.4. The van der Waals surface area contributed by atoms with E-state index >= 15 is 0 Å². The lowest BCUT2D eigenvalue weighted by atomic mass is 10.2. The molecule has 2 atom stereocenters. The Morgan fingerprint density at radius 1 is 1.12 bits per heavy atom. The summed E-state index contributed by atoms with van der Waals surface area (Å²) in [6.45, 7) is 8.23. The van der Waals surface area contributed by atoms with Crippen LogP contribution in [0.25, 0.3) is 0 Å². The minimum atomic E-state index is 0.368. The van der Waals surface area contributed by atoms with E-state index in [0.29, 0.717) is 17.2 Å². The van der Waals surface area contributed by atoms with Crippen molar-refractivity contribution in [3.05, 3.63) is 11.6 Å². The van der Waals surface area contributed by atoms with E-state index in [1.165, 1.54) is 12.8 Å². The molecule has 3 nitrogen and oxygen atoms in total. The Hall–Kier alpha value is -0.0900. The minimum Gasteiger partial charge on any atom is -0.377 e. The average molecular weight is 260 g/mol. The van der Waals surface area contributed by atoms with Gasteiger partial charge < -0.3 is 9.47 Å². The SMILES string of the molecule is C=C(Cl)CN(C[C@H]1CCCO1)C[C@@H]1CCCO1. The van der Waals surface area contributed by atoms with Crippen LogP contribution in [0.15, 0.2) is 11.6 Å². The van der Waals surface area contributed by atoms with E-state index in [0.717, 1.165) is 45.7 Å². The molecule has 0 aromatic heterocycles. The Morgan fingerprint density at radius 3 is 2.00 bits per heavy atom. The van der Waals surface area contributed by atoms with Crippen molar-refractivity contribution >= 4 is 11.6 Å². The lowest BCUT2D eigenvalue weighted by Gasteiger charge is -2.27. The normalized spacial score (nSPS) is 29.1. The summed E-state index contributed by atoms with van der Waals surface area (Å²) in [5.41, 5.74) is 0. The fourth-order valence-corrected chi connectivity index (χ4v) is 2.77. The smallest absolute Gasteiger partial charge is 0.0703 e. The van der Waals surface area contributed by atoms with Crippen LogP contribution in [-0.4, -0.2) is 50.0 Å². The zero-order valence-corrected chi connectivity index (χ0v) is 11.1. The fraction of sp³-hybridized carbons (Fsp3) is 0.846. The molecule has 0 bridgehead atoms. The van der Waals surface area contributed by atoms with Crippen LogP contribution in [0.2, 0.25) is 0 Å². The van der Waals surface area contributed by atoms with E-state index < -0.39 is 0 Å². The molecule has 2 fully saturated rings. The molecule has 2 heterocycles. The van der Waals surface area contributed by atoms with E-state index in [1.54, 1.807) is 0 Å². The van der Waals surface area contributed by atoms with Crippen LogP contribution in [0, 0.1) is 0 Å². The summed E-state index contributed by atoms with van der Waals surface area (Å²) < 4.78 is 11.3. The molecule has 0 radical (unpaired) electrons. The van der Waals surface area contributed by atoms with Gasteiger partial charge >= 0.3 is 0 Å². The topological polar surface area (TPSA) is 21.7 Å². The van der Waals surface area contributed by atoms with Crippen LogP contribution in [-0.2, 0) is 9.47 Å². The van der Waals surface area contributed by atoms with Crippen molar-refractivity contribution in [1.82, 2.24) is 4.90 Å². The van der Waals surface area contributed by atoms with Gasteiger partial charge in [0.25, 0.3) is 0 Å². The standard InChI is InChI=1S/C13H22ClNO2/c1-11(14)8-15(9-12-4-2-6-16-12)10-13-5-3-7-17-13/h12-13H,1-10H2/t12-,13+. The molecule has 0 amide bonds. The van der Waals surface area contributed by atoms with E-state index in [9.17, 15) is 0 Å². The van der Waals surface area contributed by atoms with Crippen molar-refractivity contribution in [3.63, 3.8) is 0 Å². The van der Waals surface area contributed by atoms with Gasteiger partial charge in [-0.05, 0) is 25.7 Å². The number of rotatable bonds is 6. The Balaban J connectivity index is 1.80. The van der Waals surface area contributed by atoms with Crippen molar-refractivity contribution < 1.29 is 9.47 Å². The summed E-state index contributed by atoms with van der Waals surface area (Å²) in [5.74, 6) is 0. The first kappa shape index (κ1) is 13.3. The van der Waals surface area contributed by atoms with Crippen LogP contribution in [0.4, 0.5) is 0 Å². The van der Waals surface area contributed by atoms with Gasteiger partial charge in [-0.3, -0.25) is 4.90 Å². The maximum atomic E-state index is 5.93. The maximum Gasteiger partial charge on any atom is 0.0703 e. The molecule has 2 rings (SSSR count). The van der Waals surface area contributed by atoms with Crippen LogP contribution in [0.5, 0.6) is 0 Å². The first-order chi connectivity index (χ1) is 8.24. The molecule has 4 heteroatoms. The second-order valence-electron chi connectivity index (χ2n) is 4.98. The van der Waals surface area contributed by atoms with E-state index in [2.05, 4.69) is 11.5 Å². The molecular formula is C13H22ClNO2. The molecule has 0 aromatic carbocycles. The second-order valence-corrected chi connectivity index (χ2v) is 5.52. The highest BCUT2D eigenvalue weighted by Gasteiger charge is 2.23. The molecule has 17 heavy (non-hydrogen) atoms. The highest BCUT2D eigenvalue weighted by atomic mass is 35.5. The minimum absolute atomic E-state index is 0.368. The molecule has 2 aliphatic rings. The van der Waals surface area contributed by atoms with Gasteiger partial charge in [-0.15, -0.1) is 0 Å². The number of halogens is 1. The van der Waals surface area contributed by atoms with Crippen molar-refractivity contribution in [2.75, 3.05) is 32.8 Å². The molecule has 98 valence electrons. The van der Waals surface area contributed by atoms with E-state index in [4.69, 9.17) is 21.1 Å². The Bertz CT molecular complexity index is 230. The summed E-state index contributed by atoms with van der Waals surface area (Å²) in [4.78, 5) is 2.32. The molecule has 0 aromatic rings. The molecule has 0 unspecified atom stereocenters. The first-order valence-electron chi connectivity index (χ1n) is 6.53. The van der Waals surface area contributed by atoms with Crippen molar-refractivity contribution in [1.29, 1.82) is 0 Å². The third-order valence-electron chi connectivity index (χ3n) is 3.37. The number of hydrogen-bond acceptors (Lipinski definition) is 3. The number of hydrogen-bond donors (Lipinski definition) is 0. The second kappa shape index (κ2) is 6.74. The third kappa shape index (κ3) is 4.59. The predicted molar refractivity (Wildman–Crippen MR) is 69.4 cm³/mol. The maximum absolute atomic E-state index is 5.93. The third-order valence-corrected chi connectivity index (χ3v) is 3.49. The Morgan fingerprint density at radius 2 is 1.65 bits per heavy atom. The quantitative estimate of drug-likeness (QED) is 0.731. The summed E-state index contributed by atoms with van der Waals surface area (Å²) in [6, 6.07) is 0. The summed E-state index contributed by atoms with van der Waals surface area (Å²) >= 11 is 5.93. The van der Waals surface area contributed by atoms with Gasteiger partial charge in [0.15, 0.2) is 0 Å². The molecule has 0 N–H and O–H groups in total. The average Bonchev–Trinajstić information content (AvgIpc) is 2.89. The van der Waals surface area contributed by atoms with Crippen molar-refractivity contribution in [3.8, 4) is 0 Å². The molecular weight excluding hydrogens is 238 g/mol. The van der Waals surface area contributed by atoms with Crippen LogP contribution >= 0.6 is 11.6 Å². The van der Waals surface area contributed by atoms with Crippen molar-refractivity contribution in [2.24, 2.45) is 0 Å².